The second kappa shape index (κ2) is 11.8. The van der Waals surface area contributed by atoms with Gasteiger partial charge >= 0.3 is 5.69 Å². The first-order valence-corrected chi connectivity index (χ1v) is 12.3. The fraction of sp³-hybridized carbons (Fsp3) is 0.444. The van der Waals surface area contributed by atoms with Crippen LogP contribution in [0.15, 0.2) is 56.7 Å². The smallest absolute Gasteiger partial charge is 0.330 e. The Balaban J connectivity index is 1.74. The van der Waals surface area contributed by atoms with E-state index < -0.39 is 11.2 Å². The molecule has 3 rings (SSSR count). The van der Waals surface area contributed by atoms with Gasteiger partial charge in [-0.2, -0.15) is 0 Å². The van der Waals surface area contributed by atoms with Crippen LogP contribution in [0, 0.1) is 0 Å². The first kappa shape index (κ1) is 26.8. The molecule has 0 fully saturated rings. The van der Waals surface area contributed by atoms with E-state index in [1.165, 1.54) is 21.3 Å². The summed E-state index contributed by atoms with van der Waals surface area (Å²) in [5.41, 5.74) is 6.18. The lowest BCUT2D eigenvalue weighted by molar-refractivity contribution is -0.119. The molecule has 0 aliphatic rings. The monoisotopic (exact) mass is 496 g/mol. The predicted octanol–water partition coefficient (Wildman–Crippen LogP) is 4.20. The molecule has 2 aromatic heterocycles. The number of ether oxygens (including phenoxy) is 1. The van der Waals surface area contributed by atoms with Gasteiger partial charge in [0.05, 0.1) is 19.4 Å². The fourth-order valence-corrected chi connectivity index (χ4v) is 3.83. The van der Waals surface area contributed by atoms with Crippen LogP contribution >= 0.6 is 0 Å². The highest BCUT2D eigenvalue weighted by molar-refractivity contribution is 5.95. The number of H-pyrrole nitrogens is 1. The third kappa shape index (κ3) is 6.68. The summed E-state index contributed by atoms with van der Waals surface area (Å²) in [6.07, 6.45) is 3.59. The van der Waals surface area contributed by atoms with Crippen molar-refractivity contribution < 1.29 is 13.9 Å². The standard InChI is InChI=1S/C27H36N4O5/c1-5-6-15-30-24(28)23(25(33)29-26(30)34)31(18-21-9-7-16-36-21)22(32)10-8-17-35-20-13-11-19(12-14-20)27(2,3)4/h7,9,11-14,16H,5-6,8,10,15,17-18,28H2,1-4H3,(H,29,33,34). The van der Waals surface area contributed by atoms with E-state index in [2.05, 4.69) is 25.8 Å². The number of carbonyl (C=O) groups is 1. The van der Waals surface area contributed by atoms with Gasteiger partial charge in [-0.1, -0.05) is 46.2 Å². The number of carbonyl (C=O) groups excluding carboxylic acids is 1. The Labute approximate surface area is 210 Å². The maximum atomic E-state index is 13.3. The highest BCUT2D eigenvalue weighted by atomic mass is 16.5. The van der Waals surface area contributed by atoms with Gasteiger partial charge < -0.3 is 14.9 Å². The number of aromatic nitrogens is 2. The van der Waals surface area contributed by atoms with Crippen LogP contribution in [-0.2, 0) is 23.3 Å². The molecule has 0 spiro atoms. The molecule has 0 bridgehead atoms. The third-order valence-corrected chi connectivity index (χ3v) is 5.94. The summed E-state index contributed by atoms with van der Waals surface area (Å²) >= 11 is 0. The minimum Gasteiger partial charge on any atom is -0.494 e. The van der Waals surface area contributed by atoms with Gasteiger partial charge in [0.2, 0.25) is 5.91 Å². The topological polar surface area (TPSA) is 124 Å². The van der Waals surface area contributed by atoms with Crippen molar-refractivity contribution in [2.75, 3.05) is 17.2 Å². The van der Waals surface area contributed by atoms with Gasteiger partial charge in [0, 0.05) is 13.0 Å². The molecule has 0 atom stereocenters. The number of rotatable bonds is 11. The summed E-state index contributed by atoms with van der Waals surface area (Å²) in [7, 11) is 0. The SMILES string of the molecule is CCCCn1c(N)c(N(Cc2ccco2)C(=O)CCCOc2ccc(C(C)(C)C)cc2)c(=O)[nH]c1=O. The van der Waals surface area contributed by atoms with Crippen LogP contribution < -0.4 is 26.6 Å². The summed E-state index contributed by atoms with van der Waals surface area (Å²) in [6, 6.07) is 11.3. The van der Waals surface area contributed by atoms with Crippen LogP contribution in [0.4, 0.5) is 11.5 Å². The molecule has 2 heterocycles. The van der Waals surface area contributed by atoms with Crippen molar-refractivity contribution in [1.29, 1.82) is 0 Å². The zero-order valence-electron chi connectivity index (χ0n) is 21.5. The van der Waals surface area contributed by atoms with Crippen LogP contribution in [0.1, 0.15) is 64.7 Å². The maximum absolute atomic E-state index is 13.3. The van der Waals surface area contributed by atoms with Crippen LogP contribution in [-0.4, -0.2) is 22.1 Å². The van der Waals surface area contributed by atoms with Crippen LogP contribution in [0.5, 0.6) is 5.75 Å². The van der Waals surface area contributed by atoms with Gasteiger partial charge in [-0.3, -0.25) is 24.0 Å². The Morgan fingerprint density at radius 3 is 2.47 bits per heavy atom. The largest absolute Gasteiger partial charge is 0.494 e. The van der Waals surface area contributed by atoms with E-state index in [9.17, 15) is 14.4 Å². The molecule has 0 saturated heterocycles. The fourth-order valence-electron chi connectivity index (χ4n) is 3.83. The number of nitrogens with one attached hydrogen (secondary N) is 1. The molecule has 36 heavy (non-hydrogen) atoms. The summed E-state index contributed by atoms with van der Waals surface area (Å²) < 4.78 is 12.5. The second-order valence-electron chi connectivity index (χ2n) is 9.78. The highest BCUT2D eigenvalue weighted by Gasteiger charge is 2.25. The molecule has 0 radical (unpaired) electrons. The van der Waals surface area contributed by atoms with E-state index in [0.717, 1.165) is 12.2 Å². The molecular formula is C27H36N4O5. The molecular weight excluding hydrogens is 460 g/mol. The average Bonchev–Trinajstić information content (AvgIpc) is 3.34. The van der Waals surface area contributed by atoms with Crippen molar-refractivity contribution in [1.82, 2.24) is 9.55 Å². The van der Waals surface area contributed by atoms with Crippen molar-refractivity contribution in [3.63, 3.8) is 0 Å². The lowest BCUT2D eigenvalue weighted by Gasteiger charge is -2.24. The average molecular weight is 497 g/mol. The summed E-state index contributed by atoms with van der Waals surface area (Å²) in [5, 5.41) is 0. The van der Waals surface area contributed by atoms with Crippen LogP contribution in [0.25, 0.3) is 0 Å². The minimum absolute atomic E-state index is 0.0141. The maximum Gasteiger partial charge on any atom is 0.330 e. The number of nitrogens with two attached hydrogens (primary N) is 1. The number of furan rings is 1. The molecule has 0 aliphatic heterocycles. The van der Waals surface area contributed by atoms with Gasteiger partial charge in [-0.05, 0) is 48.1 Å². The third-order valence-electron chi connectivity index (χ3n) is 5.94. The first-order valence-electron chi connectivity index (χ1n) is 12.3. The van der Waals surface area contributed by atoms with Gasteiger partial charge in [-0.25, -0.2) is 4.79 Å². The number of unbranched alkanes of at least 4 members (excludes halogenated alkanes) is 1. The molecule has 9 nitrogen and oxygen atoms in total. The van der Waals surface area contributed by atoms with Crippen molar-refractivity contribution in [3.8, 4) is 5.75 Å². The molecule has 1 amide bonds. The number of nitrogens with zero attached hydrogens (tertiary/aromatic N) is 2. The number of anilines is 2. The number of benzene rings is 1. The van der Waals surface area contributed by atoms with Crippen molar-refractivity contribution in [2.24, 2.45) is 0 Å². The summed E-state index contributed by atoms with van der Waals surface area (Å²) in [5.74, 6) is 0.860. The number of hydrogen-bond donors (Lipinski definition) is 2. The number of hydrogen-bond acceptors (Lipinski definition) is 6. The van der Waals surface area contributed by atoms with Crippen molar-refractivity contribution >= 4 is 17.4 Å². The van der Waals surface area contributed by atoms with Crippen molar-refractivity contribution in [2.45, 2.75) is 71.9 Å². The van der Waals surface area contributed by atoms with Gasteiger partial charge in [0.25, 0.3) is 5.56 Å². The Kier molecular flexibility index (Phi) is 8.79. The zero-order chi connectivity index (χ0) is 26.3. The van der Waals surface area contributed by atoms with Crippen molar-refractivity contribution in [3.05, 3.63) is 74.8 Å². The summed E-state index contributed by atoms with van der Waals surface area (Å²) in [6.45, 7) is 9.12. The number of amides is 1. The quantitative estimate of drug-likeness (QED) is 0.384. The normalized spacial score (nSPS) is 11.4. The highest BCUT2D eigenvalue weighted by Crippen LogP contribution is 2.25. The van der Waals surface area contributed by atoms with E-state index >= 15 is 0 Å². The molecule has 194 valence electrons. The lowest BCUT2D eigenvalue weighted by atomic mass is 9.87. The predicted molar refractivity (Wildman–Crippen MR) is 140 cm³/mol. The number of nitrogen functional groups attached to an aromatic ring is 1. The molecule has 3 aromatic rings. The second-order valence-corrected chi connectivity index (χ2v) is 9.78. The minimum atomic E-state index is -0.708. The molecule has 0 aliphatic carbocycles. The Bertz CT molecular complexity index is 1250. The molecule has 3 N–H and O–H groups in total. The van der Waals surface area contributed by atoms with Gasteiger partial charge in [0.15, 0.2) is 5.69 Å². The lowest BCUT2D eigenvalue weighted by Crippen LogP contribution is -2.41. The molecule has 1 aromatic carbocycles. The van der Waals surface area contributed by atoms with E-state index in [4.69, 9.17) is 14.9 Å². The Hall–Kier alpha value is -3.75. The molecule has 9 heteroatoms. The van der Waals surface area contributed by atoms with E-state index in [-0.39, 0.29) is 35.8 Å². The van der Waals surface area contributed by atoms with Crippen LogP contribution in [0.2, 0.25) is 0 Å². The Morgan fingerprint density at radius 1 is 1.14 bits per heavy atom. The number of aromatic amines is 1. The summed E-state index contributed by atoms with van der Waals surface area (Å²) in [4.78, 5) is 42.0. The molecule has 0 unspecified atom stereocenters. The molecule has 0 saturated carbocycles. The van der Waals surface area contributed by atoms with Gasteiger partial charge in [-0.15, -0.1) is 0 Å². The van der Waals surface area contributed by atoms with Gasteiger partial charge in [0.1, 0.15) is 17.3 Å². The van der Waals surface area contributed by atoms with E-state index in [0.29, 0.717) is 31.8 Å². The Morgan fingerprint density at radius 2 is 1.86 bits per heavy atom. The van der Waals surface area contributed by atoms with Crippen LogP contribution in [0.3, 0.4) is 0 Å². The van der Waals surface area contributed by atoms with E-state index in [1.807, 2.05) is 31.2 Å². The zero-order valence-corrected chi connectivity index (χ0v) is 21.5. The van der Waals surface area contributed by atoms with E-state index in [1.54, 1.807) is 12.1 Å². The first-order chi connectivity index (χ1) is 17.1.